The van der Waals surface area contributed by atoms with Gasteiger partial charge < -0.3 is 10.6 Å². The van der Waals surface area contributed by atoms with Crippen molar-refractivity contribution < 1.29 is 4.79 Å². The molecule has 0 bridgehead atoms. The summed E-state index contributed by atoms with van der Waals surface area (Å²) in [7, 11) is 0. The molecule has 1 heterocycles. The van der Waals surface area contributed by atoms with E-state index in [1.54, 1.807) is 0 Å². The smallest absolute Gasteiger partial charge is 0.255 e. The molecule has 1 saturated heterocycles. The van der Waals surface area contributed by atoms with Crippen molar-refractivity contribution in [2.24, 2.45) is 17.6 Å². The molecule has 110 valence electrons. The first-order valence-electron chi connectivity index (χ1n) is 7.76. The lowest BCUT2D eigenvalue weighted by Gasteiger charge is -2.27. The molecular formula is C18H22N2O. The van der Waals surface area contributed by atoms with Crippen LogP contribution in [0.5, 0.6) is 0 Å². The molecule has 0 aromatic heterocycles. The first-order chi connectivity index (χ1) is 10.2. The quantitative estimate of drug-likeness (QED) is 0.845. The zero-order chi connectivity index (χ0) is 15.0. The summed E-state index contributed by atoms with van der Waals surface area (Å²) in [6.45, 7) is 5.47. The molecule has 3 atom stereocenters. The Balaban J connectivity index is 1.91. The van der Waals surface area contributed by atoms with Gasteiger partial charge in [-0.1, -0.05) is 24.8 Å². The molecule has 3 nitrogen and oxygen atoms in total. The van der Waals surface area contributed by atoms with Gasteiger partial charge in [0.2, 0.25) is 0 Å². The molecule has 1 amide bonds. The standard InChI is InChI=1S/C18H22N2O/c1-3-4-5-13-8-12(2)6-7-15(13)18(21)20-11-14-9-16(14)17(20)10-19/h6-8,14,16-17H,3,9-11,19H2,1-2H3/t14-,16-,17-/m1/s1. The maximum absolute atomic E-state index is 12.9. The minimum atomic E-state index is 0.0954. The summed E-state index contributed by atoms with van der Waals surface area (Å²) in [6.07, 6.45) is 2.03. The van der Waals surface area contributed by atoms with Gasteiger partial charge in [0.15, 0.2) is 0 Å². The monoisotopic (exact) mass is 282 g/mol. The molecule has 0 radical (unpaired) electrons. The van der Waals surface area contributed by atoms with Crippen molar-refractivity contribution in [3.8, 4) is 11.8 Å². The van der Waals surface area contributed by atoms with Crippen LogP contribution in [0.4, 0.5) is 0 Å². The number of nitrogens with zero attached hydrogens (tertiary/aromatic N) is 1. The number of benzene rings is 1. The van der Waals surface area contributed by atoms with Crippen LogP contribution in [-0.4, -0.2) is 29.9 Å². The van der Waals surface area contributed by atoms with Crippen molar-refractivity contribution in [3.63, 3.8) is 0 Å². The Hall–Kier alpha value is -1.79. The molecule has 0 unspecified atom stereocenters. The van der Waals surface area contributed by atoms with E-state index in [1.807, 2.05) is 36.9 Å². The molecule has 2 N–H and O–H groups in total. The molecule has 2 fully saturated rings. The number of piperidine rings is 1. The van der Waals surface area contributed by atoms with Crippen molar-refractivity contribution in [2.75, 3.05) is 13.1 Å². The van der Waals surface area contributed by atoms with E-state index in [4.69, 9.17) is 5.73 Å². The van der Waals surface area contributed by atoms with Gasteiger partial charge in [-0.15, -0.1) is 0 Å². The van der Waals surface area contributed by atoms with Gasteiger partial charge in [-0.3, -0.25) is 4.79 Å². The lowest BCUT2D eigenvalue weighted by Crippen LogP contribution is -2.43. The van der Waals surface area contributed by atoms with Crippen LogP contribution in [0, 0.1) is 30.6 Å². The van der Waals surface area contributed by atoms with Crippen LogP contribution in [-0.2, 0) is 0 Å². The van der Waals surface area contributed by atoms with Crippen LogP contribution < -0.4 is 5.73 Å². The van der Waals surface area contributed by atoms with Gasteiger partial charge >= 0.3 is 0 Å². The summed E-state index contributed by atoms with van der Waals surface area (Å²) < 4.78 is 0. The van der Waals surface area contributed by atoms with Crippen molar-refractivity contribution in [1.29, 1.82) is 0 Å². The average Bonchev–Trinajstić information content (AvgIpc) is 3.15. The van der Waals surface area contributed by atoms with Gasteiger partial charge in [0.05, 0.1) is 5.56 Å². The van der Waals surface area contributed by atoms with Crippen LogP contribution in [0.3, 0.4) is 0 Å². The minimum Gasteiger partial charge on any atom is -0.334 e. The Kier molecular flexibility index (Phi) is 3.73. The Bertz CT molecular complexity index is 626. The van der Waals surface area contributed by atoms with E-state index < -0.39 is 0 Å². The van der Waals surface area contributed by atoms with E-state index >= 15 is 0 Å². The van der Waals surface area contributed by atoms with Crippen molar-refractivity contribution in [2.45, 2.75) is 32.7 Å². The second kappa shape index (κ2) is 5.54. The van der Waals surface area contributed by atoms with Crippen molar-refractivity contribution in [3.05, 3.63) is 34.9 Å². The zero-order valence-electron chi connectivity index (χ0n) is 12.7. The first-order valence-corrected chi connectivity index (χ1v) is 7.76. The molecule has 1 aliphatic heterocycles. The molecule has 1 aromatic rings. The molecule has 0 spiro atoms. The number of carbonyl (C=O) groups is 1. The molecule has 3 rings (SSSR count). The highest BCUT2D eigenvalue weighted by atomic mass is 16.2. The number of amides is 1. The van der Waals surface area contributed by atoms with Gasteiger partial charge in [-0.05, 0) is 42.9 Å². The van der Waals surface area contributed by atoms with Gasteiger partial charge in [-0.25, -0.2) is 0 Å². The zero-order valence-corrected chi connectivity index (χ0v) is 12.7. The van der Waals surface area contributed by atoms with Crippen LogP contribution in [0.2, 0.25) is 0 Å². The number of hydrogen-bond donors (Lipinski definition) is 1. The number of fused-ring (bicyclic) bond motifs is 1. The van der Waals surface area contributed by atoms with E-state index in [-0.39, 0.29) is 11.9 Å². The van der Waals surface area contributed by atoms with Crippen LogP contribution in [0.25, 0.3) is 0 Å². The Morgan fingerprint density at radius 2 is 2.29 bits per heavy atom. The van der Waals surface area contributed by atoms with E-state index in [1.165, 1.54) is 6.42 Å². The number of likely N-dealkylation sites (tertiary alicyclic amines) is 1. The van der Waals surface area contributed by atoms with Crippen LogP contribution >= 0.6 is 0 Å². The fourth-order valence-corrected chi connectivity index (χ4v) is 3.39. The summed E-state index contributed by atoms with van der Waals surface area (Å²) in [4.78, 5) is 14.9. The maximum Gasteiger partial charge on any atom is 0.255 e. The molecule has 3 heteroatoms. The summed E-state index contributed by atoms with van der Waals surface area (Å²) in [6, 6.07) is 6.12. The second-order valence-corrected chi connectivity index (χ2v) is 6.12. The topological polar surface area (TPSA) is 46.3 Å². The highest BCUT2D eigenvalue weighted by Gasteiger charge is 2.53. The highest BCUT2D eigenvalue weighted by Crippen LogP contribution is 2.49. The largest absolute Gasteiger partial charge is 0.334 e. The summed E-state index contributed by atoms with van der Waals surface area (Å²) >= 11 is 0. The Morgan fingerprint density at radius 3 is 3.00 bits per heavy atom. The lowest BCUT2D eigenvalue weighted by molar-refractivity contribution is 0.0712. The fourth-order valence-electron chi connectivity index (χ4n) is 3.39. The minimum absolute atomic E-state index is 0.0954. The number of aryl methyl sites for hydroxylation is 1. The van der Waals surface area contributed by atoms with Gasteiger partial charge in [0, 0.05) is 31.1 Å². The lowest BCUT2D eigenvalue weighted by atomic mass is 10.0. The van der Waals surface area contributed by atoms with Gasteiger partial charge in [0.1, 0.15) is 0 Å². The fraction of sp³-hybridized carbons (Fsp3) is 0.500. The molecule has 21 heavy (non-hydrogen) atoms. The Morgan fingerprint density at radius 1 is 1.48 bits per heavy atom. The molecule has 2 aliphatic rings. The van der Waals surface area contributed by atoms with E-state index in [0.29, 0.717) is 18.4 Å². The SMILES string of the molecule is CCC#Cc1cc(C)ccc1C(=O)N1C[C@H]2C[C@H]2[C@H]1CN. The van der Waals surface area contributed by atoms with Gasteiger partial charge in [0.25, 0.3) is 5.91 Å². The van der Waals surface area contributed by atoms with E-state index in [2.05, 4.69) is 11.8 Å². The molecular weight excluding hydrogens is 260 g/mol. The molecule has 1 aromatic carbocycles. The summed E-state index contributed by atoms with van der Waals surface area (Å²) in [5.74, 6) is 7.62. The highest BCUT2D eigenvalue weighted by molar-refractivity contribution is 5.97. The van der Waals surface area contributed by atoms with Crippen molar-refractivity contribution in [1.82, 2.24) is 4.90 Å². The van der Waals surface area contributed by atoms with E-state index in [9.17, 15) is 4.79 Å². The molecule has 1 saturated carbocycles. The second-order valence-electron chi connectivity index (χ2n) is 6.12. The number of carbonyl (C=O) groups excluding carboxylic acids is 1. The summed E-state index contributed by atoms with van der Waals surface area (Å²) in [5.41, 5.74) is 8.58. The normalized spacial score (nSPS) is 26.0. The van der Waals surface area contributed by atoms with Crippen LogP contribution in [0.1, 0.15) is 41.3 Å². The molecule has 1 aliphatic carbocycles. The number of nitrogens with two attached hydrogens (primary N) is 1. The number of hydrogen-bond acceptors (Lipinski definition) is 2. The van der Waals surface area contributed by atoms with Gasteiger partial charge in [-0.2, -0.15) is 0 Å². The Labute approximate surface area is 126 Å². The van der Waals surface area contributed by atoms with Crippen molar-refractivity contribution >= 4 is 5.91 Å². The summed E-state index contributed by atoms with van der Waals surface area (Å²) in [5, 5.41) is 0. The third-order valence-electron chi connectivity index (χ3n) is 4.61. The third kappa shape index (κ3) is 2.56. The van der Waals surface area contributed by atoms with Crippen LogP contribution in [0.15, 0.2) is 18.2 Å². The third-order valence-corrected chi connectivity index (χ3v) is 4.61. The van der Waals surface area contributed by atoms with E-state index in [0.717, 1.165) is 29.7 Å². The number of rotatable bonds is 2. The first kappa shape index (κ1) is 14.2. The predicted octanol–water partition coefficient (Wildman–Crippen LogP) is 2.18. The average molecular weight is 282 g/mol. The predicted molar refractivity (Wildman–Crippen MR) is 83.8 cm³/mol. The maximum atomic E-state index is 12.9.